The van der Waals surface area contributed by atoms with E-state index in [0.717, 1.165) is 18.4 Å². The number of carbonyl (C=O) groups is 1. The maximum absolute atomic E-state index is 12.9. The van der Waals surface area contributed by atoms with Crippen LogP contribution in [0.3, 0.4) is 0 Å². The van der Waals surface area contributed by atoms with Crippen LogP contribution in [0.15, 0.2) is 53.4 Å². The van der Waals surface area contributed by atoms with Gasteiger partial charge in [0.2, 0.25) is 15.9 Å². The molecule has 3 rings (SSSR count). The first-order valence-corrected chi connectivity index (χ1v) is 10.9. The van der Waals surface area contributed by atoms with Crippen LogP contribution in [0, 0.1) is 18.7 Å². The third kappa shape index (κ3) is 4.97. The molecule has 150 valence electrons. The summed E-state index contributed by atoms with van der Waals surface area (Å²) in [6.07, 6.45) is 2.57. The first-order valence-electron chi connectivity index (χ1n) is 9.47. The van der Waals surface area contributed by atoms with E-state index in [1.165, 1.54) is 24.3 Å². The number of nitrogens with zero attached hydrogens (tertiary/aromatic N) is 1. The van der Waals surface area contributed by atoms with Crippen LogP contribution in [-0.4, -0.2) is 31.7 Å². The van der Waals surface area contributed by atoms with Crippen LogP contribution in [0.25, 0.3) is 0 Å². The highest BCUT2D eigenvalue weighted by molar-refractivity contribution is 7.89. The van der Waals surface area contributed by atoms with E-state index >= 15 is 0 Å². The van der Waals surface area contributed by atoms with Crippen molar-refractivity contribution in [3.05, 3.63) is 59.9 Å². The molecule has 1 heterocycles. The Kier molecular flexibility index (Phi) is 6.46. The fourth-order valence-electron chi connectivity index (χ4n) is 3.52. The number of halogens is 1. The Morgan fingerprint density at radius 1 is 1.11 bits per heavy atom. The number of hydrogen-bond acceptors (Lipinski definition) is 3. The largest absolute Gasteiger partial charge is 0.326 e. The molecule has 1 aliphatic heterocycles. The maximum Gasteiger partial charge on any atom is 0.243 e. The van der Waals surface area contributed by atoms with E-state index < -0.39 is 10.0 Å². The standard InChI is InChI=1S/C21H25FN2O3S/c1-16-4-2-3-5-20(16)28(26,27)24-14-12-17(13-15-24)6-11-21(25)23-19-9-7-18(22)8-10-19/h2-5,7-10,17H,6,11-15H2,1H3,(H,23,25). The van der Waals surface area contributed by atoms with E-state index in [4.69, 9.17) is 0 Å². The molecular weight excluding hydrogens is 379 g/mol. The van der Waals surface area contributed by atoms with Crippen molar-refractivity contribution in [2.45, 2.75) is 37.5 Å². The number of benzene rings is 2. The number of carbonyl (C=O) groups excluding carboxylic acids is 1. The highest BCUT2D eigenvalue weighted by Gasteiger charge is 2.30. The molecule has 1 saturated heterocycles. The van der Waals surface area contributed by atoms with Gasteiger partial charge in [-0.25, -0.2) is 12.8 Å². The van der Waals surface area contributed by atoms with Crippen LogP contribution >= 0.6 is 0 Å². The molecule has 0 spiro atoms. The second-order valence-corrected chi connectivity index (χ2v) is 9.11. The van der Waals surface area contributed by atoms with Crippen LogP contribution in [0.1, 0.15) is 31.2 Å². The predicted octanol–water partition coefficient (Wildman–Crippen LogP) is 3.95. The molecule has 0 aromatic heterocycles. The maximum atomic E-state index is 12.9. The Labute approximate surface area is 165 Å². The highest BCUT2D eigenvalue weighted by atomic mass is 32.2. The lowest BCUT2D eigenvalue weighted by molar-refractivity contribution is -0.116. The van der Waals surface area contributed by atoms with Crippen molar-refractivity contribution in [1.29, 1.82) is 0 Å². The van der Waals surface area contributed by atoms with Gasteiger partial charge in [-0.1, -0.05) is 18.2 Å². The van der Waals surface area contributed by atoms with Crippen LogP contribution < -0.4 is 5.32 Å². The molecule has 2 aromatic rings. The molecule has 0 saturated carbocycles. The zero-order chi connectivity index (χ0) is 20.1. The summed E-state index contributed by atoms with van der Waals surface area (Å²) in [4.78, 5) is 12.4. The third-order valence-corrected chi connectivity index (χ3v) is 7.25. The molecule has 0 atom stereocenters. The fraction of sp³-hybridized carbons (Fsp3) is 0.381. The molecule has 0 unspecified atom stereocenters. The van der Waals surface area contributed by atoms with Gasteiger partial charge in [-0.3, -0.25) is 4.79 Å². The molecule has 1 fully saturated rings. The van der Waals surface area contributed by atoms with Crippen molar-refractivity contribution < 1.29 is 17.6 Å². The van der Waals surface area contributed by atoms with Crippen molar-refractivity contribution in [3.63, 3.8) is 0 Å². The van der Waals surface area contributed by atoms with Gasteiger partial charge in [-0.2, -0.15) is 4.31 Å². The Morgan fingerprint density at radius 3 is 2.39 bits per heavy atom. The van der Waals surface area contributed by atoms with E-state index in [0.29, 0.717) is 42.4 Å². The highest BCUT2D eigenvalue weighted by Crippen LogP contribution is 2.27. The molecule has 2 aromatic carbocycles. The number of rotatable bonds is 6. The normalized spacial score (nSPS) is 16.1. The van der Waals surface area contributed by atoms with Gasteiger partial charge in [-0.05, 0) is 68.0 Å². The Balaban J connectivity index is 1.48. The molecule has 0 bridgehead atoms. The molecule has 28 heavy (non-hydrogen) atoms. The molecule has 7 heteroatoms. The minimum atomic E-state index is -3.47. The van der Waals surface area contributed by atoms with Gasteiger partial charge in [0.05, 0.1) is 4.90 Å². The average molecular weight is 405 g/mol. The predicted molar refractivity (Wildman–Crippen MR) is 107 cm³/mol. The second-order valence-electron chi connectivity index (χ2n) is 7.21. The minimum Gasteiger partial charge on any atom is -0.326 e. The molecule has 1 aliphatic rings. The lowest BCUT2D eigenvalue weighted by Crippen LogP contribution is -2.38. The number of amides is 1. The van der Waals surface area contributed by atoms with E-state index in [-0.39, 0.29) is 11.7 Å². The van der Waals surface area contributed by atoms with Gasteiger partial charge in [0, 0.05) is 25.2 Å². The van der Waals surface area contributed by atoms with Crippen molar-refractivity contribution >= 4 is 21.6 Å². The smallest absolute Gasteiger partial charge is 0.243 e. The van der Waals surface area contributed by atoms with Crippen LogP contribution in [0.5, 0.6) is 0 Å². The zero-order valence-corrected chi connectivity index (χ0v) is 16.7. The lowest BCUT2D eigenvalue weighted by atomic mass is 9.93. The topological polar surface area (TPSA) is 66.5 Å². The molecular formula is C21H25FN2O3S. The van der Waals surface area contributed by atoms with E-state index in [1.807, 2.05) is 6.07 Å². The summed E-state index contributed by atoms with van der Waals surface area (Å²) in [6.45, 7) is 2.75. The number of hydrogen-bond donors (Lipinski definition) is 1. The summed E-state index contributed by atoms with van der Waals surface area (Å²) in [7, 11) is -3.47. The quantitative estimate of drug-likeness (QED) is 0.793. The summed E-state index contributed by atoms with van der Waals surface area (Å²) in [6, 6.07) is 12.7. The molecule has 1 N–H and O–H groups in total. The second kappa shape index (κ2) is 8.84. The first-order chi connectivity index (χ1) is 13.4. The molecule has 0 aliphatic carbocycles. The van der Waals surface area contributed by atoms with Crippen LogP contribution in [0.4, 0.5) is 10.1 Å². The molecule has 0 radical (unpaired) electrons. The summed E-state index contributed by atoms with van der Waals surface area (Å²) in [5, 5.41) is 2.76. The van der Waals surface area contributed by atoms with Gasteiger partial charge >= 0.3 is 0 Å². The number of aryl methyl sites for hydroxylation is 1. The molecule has 1 amide bonds. The van der Waals surface area contributed by atoms with Gasteiger partial charge < -0.3 is 5.32 Å². The third-order valence-electron chi connectivity index (χ3n) is 5.19. The van der Waals surface area contributed by atoms with Gasteiger partial charge in [0.15, 0.2) is 0 Å². The Bertz CT molecular complexity index is 921. The molecule has 5 nitrogen and oxygen atoms in total. The first kappa shape index (κ1) is 20.5. The number of nitrogens with one attached hydrogen (secondary N) is 1. The summed E-state index contributed by atoms with van der Waals surface area (Å²) in [5.41, 5.74) is 1.33. The van der Waals surface area contributed by atoms with E-state index in [2.05, 4.69) is 5.32 Å². The van der Waals surface area contributed by atoms with Crippen LogP contribution in [0.2, 0.25) is 0 Å². The monoisotopic (exact) mass is 404 g/mol. The zero-order valence-electron chi connectivity index (χ0n) is 15.9. The summed E-state index contributed by atoms with van der Waals surface area (Å²) >= 11 is 0. The van der Waals surface area contributed by atoms with E-state index in [9.17, 15) is 17.6 Å². The number of anilines is 1. The lowest BCUT2D eigenvalue weighted by Gasteiger charge is -2.31. The van der Waals surface area contributed by atoms with Crippen LogP contribution in [-0.2, 0) is 14.8 Å². The summed E-state index contributed by atoms with van der Waals surface area (Å²) in [5.74, 6) is -0.130. The Morgan fingerprint density at radius 2 is 1.75 bits per heavy atom. The van der Waals surface area contributed by atoms with Crippen molar-refractivity contribution in [3.8, 4) is 0 Å². The van der Waals surface area contributed by atoms with E-state index in [1.54, 1.807) is 29.4 Å². The number of sulfonamides is 1. The van der Waals surface area contributed by atoms with Gasteiger partial charge in [-0.15, -0.1) is 0 Å². The SMILES string of the molecule is Cc1ccccc1S(=O)(=O)N1CCC(CCC(=O)Nc2ccc(F)cc2)CC1. The fourth-order valence-corrected chi connectivity index (χ4v) is 5.21. The van der Waals surface area contributed by atoms with Crippen molar-refractivity contribution in [1.82, 2.24) is 4.31 Å². The number of piperidine rings is 1. The Hall–Kier alpha value is -2.25. The van der Waals surface area contributed by atoms with Crippen molar-refractivity contribution in [2.24, 2.45) is 5.92 Å². The van der Waals surface area contributed by atoms with Crippen molar-refractivity contribution in [2.75, 3.05) is 18.4 Å². The van der Waals surface area contributed by atoms with Gasteiger partial charge in [0.25, 0.3) is 0 Å². The van der Waals surface area contributed by atoms with Gasteiger partial charge in [0.1, 0.15) is 5.82 Å². The minimum absolute atomic E-state index is 0.110. The summed E-state index contributed by atoms with van der Waals surface area (Å²) < 4.78 is 40.1. The average Bonchev–Trinajstić information content (AvgIpc) is 2.69.